The summed E-state index contributed by atoms with van der Waals surface area (Å²) in [5.74, 6) is 8.19. The van der Waals surface area contributed by atoms with E-state index in [1.807, 2.05) is 334 Å². The molecule has 717 valence electrons. The van der Waals surface area contributed by atoms with Crippen molar-refractivity contribution in [1.82, 2.24) is 29.9 Å². The third-order valence-electron chi connectivity index (χ3n) is 22.4. The van der Waals surface area contributed by atoms with Crippen molar-refractivity contribution in [1.29, 1.82) is 5.53 Å². The second-order valence-electron chi connectivity index (χ2n) is 31.1. The van der Waals surface area contributed by atoms with Crippen molar-refractivity contribution in [2.45, 2.75) is 9.79 Å². The molecule has 1 aliphatic rings. The summed E-state index contributed by atoms with van der Waals surface area (Å²) in [5, 5.41) is 89.3. The Kier molecular flexibility index (Phi) is 32.2. The zero-order chi connectivity index (χ0) is 101. The third kappa shape index (κ3) is 23.0. The lowest BCUT2D eigenvalue weighted by Crippen LogP contribution is -2.28. The molecule has 16 aromatic carbocycles. The van der Waals surface area contributed by atoms with Crippen molar-refractivity contribution in [2.24, 2.45) is 147 Å². The number of rotatable bonds is 23. The average molecular weight is 2090 g/mol. The lowest BCUT2D eigenvalue weighted by Gasteiger charge is -2.28. The average Bonchev–Trinajstić information content (AvgIpc) is 1.70. The molecule has 0 bridgehead atoms. The SMILES string of the molecule is N=N/N=N/N=N/N=N/N=N/N=N/N=N/N=N/N=N/N=N/N=N/N=N/N=N/N=N/N.O=P(c1ccccc1)(c1ccccc1)c1cc2oc3ccccc3c2cc1Br.O=P1(c2ccccc2)c2ccccc2-c2ccccc2Sc2cc(-c3nc(-c4ccccc4)nc(-c4ccccc4)n3)ccc2-c2cc3c(cc21)oc1ccccc13.O=c1c2ccccc2sc2cc(-c3nc(-c4ccccc4)nc(-c4ccccc4)n3)ccc12.[B]. The molecule has 0 saturated heterocycles. The highest BCUT2D eigenvalue weighted by atomic mass is 79.9. The van der Waals surface area contributed by atoms with Crippen LogP contribution in [0.15, 0.2) is 563 Å². The van der Waals surface area contributed by atoms with Crippen LogP contribution < -0.4 is 43.1 Å². The molecule has 5 aromatic heterocycles. The van der Waals surface area contributed by atoms with Gasteiger partial charge in [-0.25, -0.2) is 29.9 Å². The van der Waals surface area contributed by atoms with Crippen LogP contribution in [0, 0.1) is 5.53 Å². The van der Waals surface area contributed by atoms with Gasteiger partial charge in [-0.3, -0.25) is 4.79 Å². The summed E-state index contributed by atoms with van der Waals surface area (Å²) in [7, 11) is -6.64. The van der Waals surface area contributed by atoms with Gasteiger partial charge in [0.25, 0.3) is 0 Å². The van der Waals surface area contributed by atoms with E-state index in [4.69, 9.17) is 44.3 Å². The highest BCUT2D eigenvalue weighted by Crippen LogP contribution is 2.54. The number of hydrogen-bond donors (Lipinski definition) is 2. The summed E-state index contributed by atoms with van der Waals surface area (Å²) in [6.45, 7) is 0. The summed E-state index contributed by atoms with van der Waals surface area (Å²) in [5.41, 5.74) is 18.5. The van der Waals surface area contributed by atoms with Crippen molar-refractivity contribution in [3.8, 4) is 90.6 Å². The summed E-state index contributed by atoms with van der Waals surface area (Å²) in [6, 6.07) is 130. The Morgan fingerprint density at radius 1 is 0.295 bits per heavy atom. The van der Waals surface area contributed by atoms with Crippen LogP contribution in [0.1, 0.15) is 0 Å². The zero-order valence-corrected chi connectivity index (χ0v) is 82.1. The molecule has 0 fully saturated rings. The number of aromatic nitrogens is 6. The van der Waals surface area contributed by atoms with E-state index in [1.54, 1.807) is 23.1 Å². The highest BCUT2D eigenvalue weighted by molar-refractivity contribution is 9.10. The summed E-state index contributed by atoms with van der Waals surface area (Å²) in [6.07, 6.45) is 0. The maximum absolute atomic E-state index is 16.8. The van der Waals surface area contributed by atoms with Crippen LogP contribution in [0.25, 0.3) is 155 Å². The van der Waals surface area contributed by atoms with Crippen molar-refractivity contribution < 1.29 is 18.0 Å². The Bertz CT molecular complexity index is 8930. The van der Waals surface area contributed by atoms with Crippen LogP contribution in [0.3, 0.4) is 0 Å². The van der Waals surface area contributed by atoms with Gasteiger partial charge < -0.3 is 23.8 Å². The Labute approximate surface area is 861 Å². The highest BCUT2D eigenvalue weighted by Gasteiger charge is 2.38. The number of nitrogens with two attached hydrogens (primary N) is 1. The van der Waals surface area contributed by atoms with Crippen LogP contribution in [0.2, 0.25) is 0 Å². The van der Waals surface area contributed by atoms with E-state index in [2.05, 4.69) is 223 Å². The molecule has 0 amide bonds. The van der Waals surface area contributed by atoms with E-state index in [1.165, 1.54) is 0 Å². The maximum Gasteiger partial charge on any atom is 0.195 e. The number of furan rings is 2. The van der Waals surface area contributed by atoms with Gasteiger partial charge in [0, 0.05) is 187 Å². The van der Waals surface area contributed by atoms with Gasteiger partial charge in [-0.2, -0.15) is 5.53 Å². The van der Waals surface area contributed by atoms with Crippen LogP contribution in [0.5, 0.6) is 0 Å². The first-order valence-electron chi connectivity index (χ1n) is 44.4. The number of benzene rings is 16. The molecule has 22 rings (SSSR count). The smallest absolute Gasteiger partial charge is 0.195 e. The van der Waals surface area contributed by atoms with Crippen molar-refractivity contribution in [3.63, 3.8) is 0 Å². The molecule has 0 saturated carbocycles. The number of halogens is 1. The predicted molar refractivity (Wildman–Crippen MR) is 572 cm³/mol. The molecule has 21 aromatic rings. The summed E-state index contributed by atoms with van der Waals surface area (Å²) >= 11 is 7.01. The van der Waals surface area contributed by atoms with Gasteiger partial charge in [-0.15, -0.1) is 11.3 Å². The van der Waals surface area contributed by atoms with Gasteiger partial charge in [0.15, 0.2) is 54.7 Å². The predicted octanol–water partition coefficient (Wildman–Crippen LogP) is 29.1. The fourth-order valence-electron chi connectivity index (χ4n) is 16.1. The number of hydrogen-bond acceptors (Lipinski definition) is 15. The van der Waals surface area contributed by atoms with Crippen molar-refractivity contribution >= 4 is 158 Å². The van der Waals surface area contributed by atoms with E-state index in [0.29, 0.717) is 45.9 Å². The Balaban J connectivity index is 0.000000137. The lowest BCUT2D eigenvalue weighted by molar-refractivity contribution is 0.591. The first kappa shape index (κ1) is 99.7. The minimum absolute atomic E-state index is 0. The summed E-state index contributed by atoms with van der Waals surface area (Å²) in [4.78, 5) is 44.5. The topological polar surface area (TPSA) is 538 Å². The molecule has 1 unspecified atom stereocenters. The minimum Gasteiger partial charge on any atom is -0.456 e. The zero-order valence-electron chi connectivity index (χ0n) is 77.1. The largest absolute Gasteiger partial charge is 0.456 e. The quantitative estimate of drug-likeness (QED) is 0.0150. The molecular weight excluding hydrogens is 2020 g/mol. The lowest BCUT2D eigenvalue weighted by atomic mass is 10.0. The molecule has 6 heterocycles. The maximum atomic E-state index is 16.8. The van der Waals surface area contributed by atoms with Gasteiger partial charge in [0.1, 0.15) is 22.3 Å². The van der Waals surface area contributed by atoms with E-state index in [-0.39, 0.29) is 13.8 Å². The van der Waals surface area contributed by atoms with Gasteiger partial charge >= 0.3 is 0 Å². The molecule has 1 aliphatic heterocycles. The monoisotopic (exact) mass is 2090 g/mol. The van der Waals surface area contributed by atoms with Crippen molar-refractivity contribution in [2.75, 3.05) is 0 Å². The molecule has 3 radical (unpaired) electrons. The first-order chi connectivity index (χ1) is 73.0. The molecule has 3 N–H and O–H groups in total. The number of para-hydroxylation sites is 2. The molecule has 149 heavy (non-hydrogen) atoms. The second-order valence-corrected chi connectivity index (χ2v) is 39.5. The van der Waals surface area contributed by atoms with E-state index in [0.717, 1.165) is 155 Å². The van der Waals surface area contributed by atoms with Crippen LogP contribution >= 0.6 is 53.3 Å². The normalized spacial score (nSPS) is 13.3. The van der Waals surface area contributed by atoms with E-state index >= 15 is 4.57 Å². The molecule has 1 atom stereocenters. The van der Waals surface area contributed by atoms with Gasteiger partial charge in [-0.1, -0.05) is 339 Å². The van der Waals surface area contributed by atoms with Crippen LogP contribution in [-0.2, 0) is 9.13 Å². The van der Waals surface area contributed by atoms with Gasteiger partial charge in [-0.05, 0) is 189 Å². The Morgan fingerprint density at radius 2 is 0.651 bits per heavy atom. The molecule has 0 spiro atoms. The van der Waals surface area contributed by atoms with E-state index < -0.39 is 14.3 Å². The second kappa shape index (κ2) is 48.1. The van der Waals surface area contributed by atoms with Crippen LogP contribution in [-0.4, -0.2) is 38.3 Å². The molecule has 46 heteroatoms. The molecule has 40 nitrogen and oxygen atoms in total. The van der Waals surface area contributed by atoms with Crippen molar-refractivity contribution in [3.05, 3.63) is 409 Å². The minimum atomic E-state index is -3.58. The molecular formula is C103H68BBrN35O5P2S2. The summed E-state index contributed by atoms with van der Waals surface area (Å²) < 4.78 is 46.7. The van der Waals surface area contributed by atoms with Crippen LogP contribution in [0.4, 0.5) is 0 Å². The Morgan fingerprint density at radius 3 is 1.12 bits per heavy atom. The fourth-order valence-corrected chi connectivity index (χ4v) is 25.2. The standard InChI is InChI=1S/C51H32N3O2PS.C28H17N3OS.C24H16BrO2P.B.H3N29/c55-57(36-20-8-3-9-21-36)45-26-14-11-23-38(45)39-24-12-15-27-47(39)58-48-30-35(28-29-40(48)42-31-41-37-22-10-13-25-43(37)56-44(41)32-46(42)57)51-53-49(33-16-4-1-5-17-33)52-50(54-51)34-18-6-2-7-19-34;32-25-21-13-7-8-14-23(21)33-24-17-20(15-16-22(24)25)28-30-26(18-9-3-1-4-10-18)29-27(31-28)19-11-5-2-6-12-19;25-21-15-20-19-13-7-8-14-22(19)27-23(20)16-24(21)28(26,17-9-3-1-4-10-17)18-11-5-2-6-12-18;;1-3-5-7-9-11-13-15-17-19-21-23-25-27-29-28-26-24-22-20-18-16-14-12-10-8-6-4-2/h1-32H;1-17H;1-16H;;(H3,1,2,5,6,9,10,13,14,17,18,21,22,25,26,29). The number of fused-ring (bicyclic) bond motifs is 14. The van der Waals surface area contributed by atoms with E-state index in [9.17, 15) is 9.36 Å². The Hall–Kier alpha value is -19.4. The van der Waals surface area contributed by atoms with Gasteiger partial charge in [0.05, 0.1) is 0 Å². The molecule has 0 aliphatic carbocycles. The third-order valence-corrected chi connectivity index (χ3v) is 31.9. The fraction of sp³-hybridized carbons (Fsp3) is 0. The first-order valence-corrected chi connectivity index (χ1v) is 50.2. The van der Waals surface area contributed by atoms with Gasteiger partial charge in [0.2, 0.25) is 0 Å². The number of nitrogens with one attached hydrogen (secondary N) is 1. The number of nitrogens with zero attached hydrogens (tertiary/aromatic N) is 33.